The number of para-hydroxylation sites is 1. The monoisotopic (exact) mass is 361 g/mol. The Morgan fingerprint density at radius 2 is 2.07 bits per heavy atom. The summed E-state index contributed by atoms with van der Waals surface area (Å²) in [7, 11) is 0. The SMILES string of the molecule is O=C(COc1ccccc1)NCC1Cc2cc(-c3cnccn3)ccc2O1. The van der Waals surface area contributed by atoms with Crippen molar-refractivity contribution in [3.8, 4) is 22.8 Å². The lowest BCUT2D eigenvalue weighted by Gasteiger charge is -2.12. The van der Waals surface area contributed by atoms with Crippen LogP contribution in [0.15, 0.2) is 67.1 Å². The highest BCUT2D eigenvalue weighted by atomic mass is 16.5. The summed E-state index contributed by atoms with van der Waals surface area (Å²) in [4.78, 5) is 20.4. The van der Waals surface area contributed by atoms with E-state index >= 15 is 0 Å². The third kappa shape index (κ3) is 4.23. The molecule has 4 rings (SSSR count). The number of carbonyl (C=O) groups excluding carboxylic acids is 1. The van der Waals surface area contributed by atoms with Crippen LogP contribution in [-0.4, -0.2) is 35.1 Å². The first kappa shape index (κ1) is 17.0. The standard InChI is InChI=1S/C21H19N3O3/c25-21(14-26-17-4-2-1-3-5-17)24-12-18-11-16-10-15(6-7-20(16)27-18)19-13-22-8-9-23-19/h1-10,13,18H,11-12,14H2,(H,24,25). The first-order chi connectivity index (χ1) is 13.3. The van der Waals surface area contributed by atoms with Crippen molar-refractivity contribution in [1.29, 1.82) is 0 Å². The van der Waals surface area contributed by atoms with Crippen molar-refractivity contribution < 1.29 is 14.3 Å². The van der Waals surface area contributed by atoms with E-state index in [1.54, 1.807) is 18.6 Å². The molecule has 1 amide bonds. The Morgan fingerprint density at radius 3 is 2.89 bits per heavy atom. The zero-order chi connectivity index (χ0) is 18.5. The van der Waals surface area contributed by atoms with E-state index in [1.165, 1.54) is 0 Å². The highest BCUT2D eigenvalue weighted by Crippen LogP contribution is 2.32. The molecule has 1 aromatic heterocycles. The van der Waals surface area contributed by atoms with Gasteiger partial charge >= 0.3 is 0 Å². The normalized spacial score (nSPS) is 14.9. The first-order valence-corrected chi connectivity index (χ1v) is 8.78. The molecular formula is C21H19N3O3. The summed E-state index contributed by atoms with van der Waals surface area (Å²) in [6.07, 6.45) is 5.72. The van der Waals surface area contributed by atoms with Crippen LogP contribution in [0.4, 0.5) is 0 Å². The van der Waals surface area contributed by atoms with Gasteiger partial charge in [-0.2, -0.15) is 0 Å². The van der Waals surface area contributed by atoms with Crippen LogP contribution in [0.2, 0.25) is 0 Å². The molecule has 2 aromatic carbocycles. The van der Waals surface area contributed by atoms with Gasteiger partial charge in [0.05, 0.1) is 18.4 Å². The van der Waals surface area contributed by atoms with E-state index in [9.17, 15) is 4.79 Å². The minimum Gasteiger partial charge on any atom is -0.488 e. The van der Waals surface area contributed by atoms with Gasteiger partial charge in [0, 0.05) is 24.4 Å². The highest BCUT2D eigenvalue weighted by Gasteiger charge is 2.24. The fourth-order valence-corrected chi connectivity index (χ4v) is 2.99. The molecule has 0 fully saturated rings. The van der Waals surface area contributed by atoms with Gasteiger partial charge in [-0.15, -0.1) is 0 Å². The van der Waals surface area contributed by atoms with E-state index in [0.717, 1.165) is 29.0 Å². The second-order valence-electron chi connectivity index (χ2n) is 6.26. The molecule has 6 heteroatoms. The van der Waals surface area contributed by atoms with Gasteiger partial charge in [-0.1, -0.05) is 18.2 Å². The van der Waals surface area contributed by atoms with Crippen LogP contribution >= 0.6 is 0 Å². The Bertz CT molecular complexity index is 916. The Kier molecular flexibility index (Phi) is 4.96. The van der Waals surface area contributed by atoms with E-state index in [-0.39, 0.29) is 18.6 Å². The Balaban J connectivity index is 1.29. The fraction of sp³-hybridized carbons (Fsp3) is 0.190. The van der Waals surface area contributed by atoms with E-state index in [0.29, 0.717) is 12.3 Å². The lowest BCUT2D eigenvalue weighted by molar-refractivity contribution is -0.123. The number of carbonyl (C=O) groups is 1. The van der Waals surface area contributed by atoms with Crippen LogP contribution in [-0.2, 0) is 11.2 Å². The predicted molar refractivity (Wildman–Crippen MR) is 101 cm³/mol. The number of benzene rings is 2. The molecule has 1 aliphatic heterocycles. The fourth-order valence-electron chi connectivity index (χ4n) is 2.99. The van der Waals surface area contributed by atoms with Crippen molar-refractivity contribution in [1.82, 2.24) is 15.3 Å². The zero-order valence-electron chi connectivity index (χ0n) is 14.7. The van der Waals surface area contributed by atoms with Gasteiger partial charge in [-0.05, 0) is 35.9 Å². The number of ether oxygens (including phenoxy) is 2. The molecular weight excluding hydrogens is 342 g/mol. The number of rotatable bonds is 6. The van der Waals surface area contributed by atoms with Gasteiger partial charge in [0.25, 0.3) is 5.91 Å². The summed E-state index contributed by atoms with van der Waals surface area (Å²) in [5.74, 6) is 1.36. The molecule has 136 valence electrons. The number of nitrogens with one attached hydrogen (secondary N) is 1. The molecule has 1 atom stereocenters. The summed E-state index contributed by atoms with van der Waals surface area (Å²) in [5, 5.41) is 2.86. The predicted octanol–water partition coefficient (Wildman–Crippen LogP) is 2.64. The molecule has 1 N–H and O–H groups in total. The van der Waals surface area contributed by atoms with Crippen LogP contribution < -0.4 is 14.8 Å². The lowest BCUT2D eigenvalue weighted by Crippen LogP contribution is -2.37. The van der Waals surface area contributed by atoms with Crippen LogP contribution in [0.5, 0.6) is 11.5 Å². The summed E-state index contributed by atoms with van der Waals surface area (Å²) in [6.45, 7) is 0.423. The number of nitrogens with zero attached hydrogens (tertiary/aromatic N) is 2. The Morgan fingerprint density at radius 1 is 1.19 bits per heavy atom. The maximum Gasteiger partial charge on any atom is 0.258 e. The van der Waals surface area contributed by atoms with Crippen molar-refractivity contribution in [3.05, 3.63) is 72.7 Å². The summed E-state index contributed by atoms with van der Waals surface area (Å²) in [6, 6.07) is 15.3. The quantitative estimate of drug-likeness (QED) is 0.731. The van der Waals surface area contributed by atoms with Gasteiger partial charge in [0.15, 0.2) is 6.61 Å². The molecule has 0 saturated heterocycles. The van der Waals surface area contributed by atoms with Crippen LogP contribution in [0.1, 0.15) is 5.56 Å². The molecule has 1 unspecified atom stereocenters. The summed E-state index contributed by atoms with van der Waals surface area (Å²) < 4.78 is 11.4. The van der Waals surface area contributed by atoms with Crippen molar-refractivity contribution in [2.75, 3.05) is 13.2 Å². The van der Waals surface area contributed by atoms with E-state index in [1.807, 2.05) is 42.5 Å². The van der Waals surface area contributed by atoms with Crippen molar-refractivity contribution in [3.63, 3.8) is 0 Å². The topological polar surface area (TPSA) is 73.3 Å². The van der Waals surface area contributed by atoms with Crippen LogP contribution in [0.3, 0.4) is 0 Å². The molecule has 0 spiro atoms. The maximum absolute atomic E-state index is 12.0. The second-order valence-corrected chi connectivity index (χ2v) is 6.26. The van der Waals surface area contributed by atoms with Crippen molar-refractivity contribution in [2.45, 2.75) is 12.5 Å². The molecule has 0 aliphatic carbocycles. The van der Waals surface area contributed by atoms with Gasteiger partial charge in [-0.25, -0.2) is 0 Å². The maximum atomic E-state index is 12.0. The number of amides is 1. The molecule has 0 radical (unpaired) electrons. The minimum absolute atomic E-state index is 0.0134. The molecule has 2 heterocycles. The molecule has 27 heavy (non-hydrogen) atoms. The lowest BCUT2D eigenvalue weighted by atomic mass is 10.0. The second kappa shape index (κ2) is 7.86. The summed E-state index contributed by atoms with van der Waals surface area (Å²) >= 11 is 0. The van der Waals surface area contributed by atoms with Gasteiger partial charge in [-0.3, -0.25) is 14.8 Å². The number of aromatic nitrogens is 2. The Hall–Kier alpha value is -3.41. The van der Waals surface area contributed by atoms with Crippen LogP contribution in [0.25, 0.3) is 11.3 Å². The van der Waals surface area contributed by atoms with E-state index in [2.05, 4.69) is 21.4 Å². The number of fused-ring (bicyclic) bond motifs is 1. The highest BCUT2D eigenvalue weighted by molar-refractivity contribution is 5.77. The van der Waals surface area contributed by atoms with Crippen LogP contribution in [0, 0.1) is 0 Å². The molecule has 0 saturated carbocycles. The first-order valence-electron chi connectivity index (χ1n) is 8.78. The van der Waals surface area contributed by atoms with Gasteiger partial charge in [0.2, 0.25) is 0 Å². The number of hydrogen-bond acceptors (Lipinski definition) is 5. The van der Waals surface area contributed by atoms with E-state index < -0.39 is 0 Å². The molecule has 0 bridgehead atoms. The number of hydrogen-bond donors (Lipinski definition) is 1. The molecule has 1 aliphatic rings. The smallest absolute Gasteiger partial charge is 0.258 e. The van der Waals surface area contributed by atoms with Gasteiger partial charge in [0.1, 0.15) is 17.6 Å². The largest absolute Gasteiger partial charge is 0.488 e. The van der Waals surface area contributed by atoms with Crippen molar-refractivity contribution >= 4 is 5.91 Å². The zero-order valence-corrected chi connectivity index (χ0v) is 14.7. The van der Waals surface area contributed by atoms with E-state index in [4.69, 9.17) is 9.47 Å². The third-order valence-electron chi connectivity index (χ3n) is 4.30. The average molecular weight is 361 g/mol. The summed E-state index contributed by atoms with van der Waals surface area (Å²) in [5.41, 5.74) is 2.94. The average Bonchev–Trinajstić information content (AvgIpc) is 3.14. The minimum atomic E-state index is -0.168. The third-order valence-corrected chi connectivity index (χ3v) is 4.30. The Labute approximate surface area is 157 Å². The van der Waals surface area contributed by atoms with Gasteiger partial charge < -0.3 is 14.8 Å². The molecule has 3 aromatic rings. The van der Waals surface area contributed by atoms with Crippen molar-refractivity contribution in [2.24, 2.45) is 0 Å². The molecule has 6 nitrogen and oxygen atoms in total.